The fourth-order valence-electron chi connectivity index (χ4n) is 4.95. The number of carbonyl (C=O) groups excluding carboxylic acids is 1. The first-order chi connectivity index (χ1) is 16.2. The Bertz CT molecular complexity index is 1040. The van der Waals surface area contributed by atoms with Crippen LogP contribution >= 0.6 is 0 Å². The highest BCUT2D eigenvalue weighted by Crippen LogP contribution is 2.31. The Labute approximate surface area is 196 Å². The number of likely N-dealkylation sites (tertiary alicyclic amines) is 1. The van der Waals surface area contributed by atoms with Crippen molar-refractivity contribution in [2.24, 2.45) is 0 Å². The van der Waals surface area contributed by atoms with Gasteiger partial charge in [-0.25, -0.2) is 9.37 Å². The van der Waals surface area contributed by atoms with Gasteiger partial charge in [0.15, 0.2) is 0 Å². The third-order valence-electron chi connectivity index (χ3n) is 6.79. The predicted molar refractivity (Wildman–Crippen MR) is 132 cm³/mol. The van der Waals surface area contributed by atoms with Crippen LogP contribution in [0, 0.1) is 5.82 Å². The average molecular weight is 450 g/mol. The molecule has 1 amide bonds. The summed E-state index contributed by atoms with van der Waals surface area (Å²) < 4.78 is 15.6. The van der Waals surface area contributed by atoms with Crippen LogP contribution in [0.25, 0.3) is 11.0 Å². The molecule has 5 heteroatoms. The van der Waals surface area contributed by atoms with Crippen LogP contribution in [-0.2, 0) is 17.9 Å². The lowest BCUT2D eigenvalue weighted by Gasteiger charge is -2.17. The van der Waals surface area contributed by atoms with Gasteiger partial charge >= 0.3 is 0 Å². The van der Waals surface area contributed by atoms with E-state index in [9.17, 15) is 9.18 Å². The van der Waals surface area contributed by atoms with Gasteiger partial charge in [-0.3, -0.25) is 4.79 Å². The van der Waals surface area contributed by atoms with E-state index in [-0.39, 0.29) is 17.6 Å². The van der Waals surface area contributed by atoms with Crippen LogP contribution in [0.3, 0.4) is 0 Å². The zero-order valence-corrected chi connectivity index (χ0v) is 19.8. The van der Waals surface area contributed by atoms with Crippen molar-refractivity contribution < 1.29 is 9.18 Å². The molecule has 0 bridgehead atoms. The van der Waals surface area contributed by atoms with Gasteiger partial charge < -0.3 is 9.47 Å². The van der Waals surface area contributed by atoms with Crippen molar-refractivity contribution in [3.63, 3.8) is 0 Å². The molecular formula is C28H36FN3O. The first-order valence-electron chi connectivity index (χ1n) is 12.6. The molecule has 0 N–H and O–H groups in total. The summed E-state index contributed by atoms with van der Waals surface area (Å²) in [7, 11) is 0. The van der Waals surface area contributed by atoms with E-state index in [1.54, 1.807) is 12.1 Å². The van der Waals surface area contributed by atoms with E-state index < -0.39 is 0 Å². The summed E-state index contributed by atoms with van der Waals surface area (Å²) in [5, 5.41) is 0. The molecule has 2 aromatic carbocycles. The van der Waals surface area contributed by atoms with Crippen LogP contribution < -0.4 is 0 Å². The minimum atomic E-state index is -0.251. The van der Waals surface area contributed by atoms with E-state index >= 15 is 0 Å². The lowest BCUT2D eigenvalue weighted by atomic mass is 10.1. The SMILES string of the molecule is CCCCCCCCCCn1c(C2CC(=O)N(Cc3ccc(F)cc3)C2)nc2ccccc21. The molecule has 33 heavy (non-hydrogen) atoms. The molecule has 3 aromatic rings. The fourth-order valence-corrected chi connectivity index (χ4v) is 4.95. The van der Waals surface area contributed by atoms with E-state index in [0.717, 1.165) is 29.9 Å². The Balaban J connectivity index is 1.40. The van der Waals surface area contributed by atoms with Gasteiger partial charge in [0, 0.05) is 32.0 Å². The second kappa shape index (κ2) is 11.4. The summed E-state index contributed by atoms with van der Waals surface area (Å²) >= 11 is 0. The Kier molecular flexibility index (Phi) is 8.14. The van der Waals surface area contributed by atoms with Crippen LogP contribution in [0.1, 0.15) is 82.0 Å². The lowest BCUT2D eigenvalue weighted by Crippen LogP contribution is -2.24. The van der Waals surface area contributed by atoms with E-state index in [0.29, 0.717) is 19.5 Å². The number of amides is 1. The van der Waals surface area contributed by atoms with Crippen molar-refractivity contribution in [3.05, 3.63) is 65.7 Å². The first-order valence-corrected chi connectivity index (χ1v) is 12.6. The third kappa shape index (κ3) is 6.01. The van der Waals surface area contributed by atoms with Crippen molar-refractivity contribution in [1.82, 2.24) is 14.5 Å². The second-order valence-electron chi connectivity index (χ2n) is 9.39. The number of fused-ring (bicyclic) bond motifs is 1. The topological polar surface area (TPSA) is 38.1 Å². The number of imidazole rings is 1. The molecule has 1 aromatic heterocycles. The van der Waals surface area contributed by atoms with Gasteiger partial charge in [0.1, 0.15) is 11.6 Å². The molecule has 4 rings (SSSR count). The van der Waals surface area contributed by atoms with E-state index in [2.05, 4.69) is 29.7 Å². The molecule has 1 fully saturated rings. The van der Waals surface area contributed by atoms with Gasteiger partial charge in [0.25, 0.3) is 0 Å². The number of para-hydroxylation sites is 2. The van der Waals surface area contributed by atoms with Crippen molar-refractivity contribution in [1.29, 1.82) is 0 Å². The van der Waals surface area contributed by atoms with E-state index in [4.69, 9.17) is 4.98 Å². The number of unbranched alkanes of at least 4 members (excludes halogenated alkanes) is 7. The number of benzene rings is 2. The highest BCUT2D eigenvalue weighted by atomic mass is 19.1. The molecule has 1 unspecified atom stereocenters. The van der Waals surface area contributed by atoms with Crippen LogP contribution in [0.15, 0.2) is 48.5 Å². The van der Waals surface area contributed by atoms with Gasteiger partial charge in [-0.2, -0.15) is 0 Å². The summed E-state index contributed by atoms with van der Waals surface area (Å²) in [5.41, 5.74) is 3.13. The monoisotopic (exact) mass is 449 g/mol. The van der Waals surface area contributed by atoms with Crippen LogP contribution in [0.5, 0.6) is 0 Å². The van der Waals surface area contributed by atoms with Gasteiger partial charge in [-0.15, -0.1) is 0 Å². The van der Waals surface area contributed by atoms with E-state index in [1.807, 2.05) is 11.0 Å². The van der Waals surface area contributed by atoms with Crippen LogP contribution in [0.4, 0.5) is 4.39 Å². The third-order valence-corrected chi connectivity index (χ3v) is 6.79. The van der Waals surface area contributed by atoms with Gasteiger partial charge in [0.05, 0.1) is 11.0 Å². The Morgan fingerprint density at radius 3 is 2.39 bits per heavy atom. The second-order valence-corrected chi connectivity index (χ2v) is 9.39. The highest BCUT2D eigenvalue weighted by molar-refractivity contribution is 5.81. The molecule has 1 atom stereocenters. The molecule has 0 aliphatic carbocycles. The van der Waals surface area contributed by atoms with Gasteiger partial charge in [-0.05, 0) is 36.2 Å². The minimum Gasteiger partial charge on any atom is -0.338 e. The Hall–Kier alpha value is -2.69. The van der Waals surface area contributed by atoms with Crippen molar-refractivity contribution in [2.45, 2.75) is 83.7 Å². The largest absolute Gasteiger partial charge is 0.338 e. The molecular weight excluding hydrogens is 413 g/mol. The standard InChI is InChI=1S/C28H36FN3O/c1-2-3-4-5-6-7-8-11-18-32-26-13-10-9-12-25(26)30-28(32)23-19-27(33)31(21-23)20-22-14-16-24(29)17-15-22/h9-10,12-17,23H,2-8,11,18-21H2,1H3. The molecule has 4 nitrogen and oxygen atoms in total. The van der Waals surface area contributed by atoms with E-state index in [1.165, 1.54) is 62.6 Å². The number of carbonyl (C=O) groups is 1. The summed E-state index contributed by atoms with van der Waals surface area (Å²) in [6.45, 7) is 4.39. The molecule has 0 radical (unpaired) electrons. The molecule has 0 saturated carbocycles. The number of nitrogens with zero attached hydrogens (tertiary/aromatic N) is 3. The maximum atomic E-state index is 13.2. The highest BCUT2D eigenvalue weighted by Gasteiger charge is 2.33. The Morgan fingerprint density at radius 1 is 0.939 bits per heavy atom. The number of aryl methyl sites for hydroxylation is 1. The smallest absolute Gasteiger partial charge is 0.223 e. The number of halogens is 1. The van der Waals surface area contributed by atoms with Crippen LogP contribution in [-0.4, -0.2) is 26.9 Å². The van der Waals surface area contributed by atoms with Crippen molar-refractivity contribution >= 4 is 16.9 Å². The molecule has 1 aliphatic rings. The number of hydrogen-bond acceptors (Lipinski definition) is 2. The summed E-state index contributed by atoms with van der Waals surface area (Å²) in [6.07, 6.45) is 10.8. The van der Waals surface area contributed by atoms with Crippen molar-refractivity contribution in [2.75, 3.05) is 6.54 Å². The van der Waals surface area contributed by atoms with Gasteiger partial charge in [0.2, 0.25) is 5.91 Å². The molecule has 1 aliphatic heterocycles. The zero-order chi connectivity index (χ0) is 23.0. The number of hydrogen-bond donors (Lipinski definition) is 0. The molecule has 2 heterocycles. The molecule has 176 valence electrons. The lowest BCUT2D eigenvalue weighted by molar-refractivity contribution is -0.128. The quantitative estimate of drug-likeness (QED) is 0.284. The molecule has 1 saturated heterocycles. The normalized spacial score (nSPS) is 16.2. The summed E-state index contributed by atoms with van der Waals surface area (Å²) in [5.74, 6) is 1.03. The molecule has 0 spiro atoms. The summed E-state index contributed by atoms with van der Waals surface area (Å²) in [4.78, 5) is 19.6. The predicted octanol–water partition coefficient (Wildman–Crippen LogP) is 6.83. The van der Waals surface area contributed by atoms with Crippen LogP contribution in [0.2, 0.25) is 0 Å². The van der Waals surface area contributed by atoms with Crippen molar-refractivity contribution in [3.8, 4) is 0 Å². The maximum Gasteiger partial charge on any atom is 0.223 e. The fraction of sp³-hybridized carbons (Fsp3) is 0.500. The number of rotatable bonds is 12. The van der Waals surface area contributed by atoms with Gasteiger partial charge in [-0.1, -0.05) is 76.1 Å². The Morgan fingerprint density at radius 2 is 1.64 bits per heavy atom. The first kappa shape index (κ1) is 23.5. The average Bonchev–Trinajstić information content (AvgIpc) is 3.37. The minimum absolute atomic E-state index is 0.0967. The zero-order valence-electron chi connectivity index (χ0n) is 19.8. The summed E-state index contributed by atoms with van der Waals surface area (Å²) in [6, 6.07) is 14.7. The number of aromatic nitrogens is 2. The maximum absolute atomic E-state index is 13.2.